The van der Waals surface area contributed by atoms with Gasteiger partial charge >= 0.3 is 0 Å². The van der Waals surface area contributed by atoms with E-state index >= 15 is 0 Å². The van der Waals surface area contributed by atoms with Crippen molar-refractivity contribution in [3.63, 3.8) is 0 Å². The summed E-state index contributed by atoms with van der Waals surface area (Å²) in [6.07, 6.45) is 3.41. The van der Waals surface area contributed by atoms with Crippen LogP contribution in [0.4, 0.5) is 0 Å². The fourth-order valence-corrected chi connectivity index (χ4v) is 1.33. The molecular weight excluding hydrogens is 176 g/mol. The van der Waals surface area contributed by atoms with E-state index in [9.17, 15) is 4.79 Å². The number of rotatable bonds is 5. The Morgan fingerprint density at radius 1 is 1.29 bits per heavy atom. The van der Waals surface area contributed by atoms with Crippen molar-refractivity contribution < 1.29 is 9.90 Å². The van der Waals surface area contributed by atoms with Crippen LogP contribution in [-0.2, 0) is 6.42 Å². The topological polar surface area (TPSA) is 37.3 Å². The van der Waals surface area contributed by atoms with Crippen LogP contribution in [0.2, 0.25) is 0 Å². The average molecular weight is 192 g/mol. The van der Waals surface area contributed by atoms with Crippen molar-refractivity contribution in [1.82, 2.24) is 0 Å². The van der Waals surface area contributed by atoms with E-state index in [2.05, 4.69) is 6.92 Å². The second-order valence-corrected chi connectivity index (χ2v) is 3.38. The molecule has 0 saturated carbocycles. The Morgan fingerprint density at radius 3 is 2.43 bits per heavy atom. The number of aliphatic hydroxyl groups excluding tert-OH is 1. The minimum Gasteiger partial charge on any atom is -0.388 e. The largest absolute Gasteiger partial charge is 0.388 e. The lowest BCUT2D eigenvalue weighted by molar-refractivity contribution is 0.0904. The summed E-state index contributed by atoms with van der Waals surface area (Å²) in [5, 5.41) is 8.65. The Kier molecular flexibility index (Phi) is 4.33. The van der Waals surface area contributed by atoms with Crippen molar-refractivity contribution in [3.05, 3.63) is 35.4 Å². The van der Waals surface area contributed by atoms with Crippen molar-refractivity contribution in [2.75, 3.05) is 6.61 Å². The number of carbonyl (C=O) groups is 1. The molecule has 0 unspecified atom stereocenters. The lowest BCUT2D eigenvalue weighted by Gasteiger charge is -2.01. The van der Waals surface area contributed by atoms with E-state index < -0.39 is 6.61 Å². The second kappa shape index (κ2) is 5.55. The normalized spacial score (nSPS) is 10.1. The van der Waals surface area contributed by atoms with Crippen LogP contribution in [0.5, 0.6) is 0 Å². The lowest BCUT2D eigenvalue weighted by atomic mass is 10.0. The molecule has 1 N–H and O–H groups in total. The quantitative estimate of drug-likeness (QED) is 0.726. The third-order valence-corrected chi connectivity index (χ3v) is 2.24. The molecule has 2 nitrogen and oxygen atoms in total. The standard InChI is InChI=1S/C12H16O2/c1-2-3-4-10-5-7-11(8-6-10)12(14)9-13/h5-8,13H,2-4,9H2,1H3. The van der Waals surface area contributed by atoms with E-state index in [1.165, 1.54) is 18.4 Å². The third-order valence-electron chi connectivity index (χ3n) is 2.24. The van der Waals surface area contributed by atoms with Gasteiger partial charge in [-0.3, -0.25) is 4.79 Å². The molecule has 0 radical (unpaired) electrons. The van der Waals surface area contributed by atoms with E-state index in [4.69, 9.17) is 5.11 Å². The molecule has 0 saturated heterocycles. The highest BCUT2D eigenvalue weighted by Crippen LogP contribution is 2.08. The fraction of sp³-hybridized carbons (Fsp3) is 0.417. The van der Waals surface area contributed by atoms with Gasteiger partial charge in [-0.15, -0.1) is 0 Å². The van der Waals surface area contributed by atoms with Crippen molar-refractivity contribution >= 4 is 5.78 Å². The van der Waals surface area contributed by atoms with E-state index in [-0.39, 0.29) is 5.78 Å². The molecule has 0 fully saturated rings. The maximum Gasteiger partial charge on any atom is 0.188 e. The molecule has 0 aromatic heterocycles. The van der Waals surface area contributed by atoms with Crippen molar-refractivity contribution in [1.29, 1.82) is 0 Å². The van der Waals surface area contributed by atoms with Gasteiger partial charge in [0.2, 0.25) is 0 Å². The molecule has 14 heavy (non-hydrogen) atoms. The first-order valence-corrected chi connectivity index (χ1v) is 5.01. The first-order valence-electron chi connectivity index (χ1n) is 5.01. The van der Waals surface area contributed by atoms with E-state index in [0.717, 1.165) is 6.42 Å². The molecule has 0 aliphatic rings. The highest BCUT2D eigenvalue weighted by Gasteiger charge is 2.02. The van der Waals surface area contributed by atoms with Crippen LogP contribution in [-0.4, -0.2) is 17.5 Å². The van der Waals surface area contributed by atoms with Gasteiger partial charge < -0.3 is 5.11 Å². The van der Waals surface area contributed by atoms with Gasteiger partial charge in [0.15, 0.2) is 5.78 Å². The SMILES string of the molecule is CCCCc1ccc(C(=O)CO)cc1. The van der Waals surface area contributed by atoms with Crippen LogP contribution in [0.25, 0.3) is 0 Å². The zero-order valence-corrected chi connectivity index (χ0v) is 8.49. The van der Waals surface area contributed by atoms with Crippen LogP contribution < -0.4 is 0 Å². The first kappa shape index (κ1) is 10.9. The number of aryl methyl sites for hydroxylation is 1. The monoisotopic (exact) mass is 192 g/mol. The summed E-state index contributed by atoms with van der Waals surface area (Å²) in [7, 11) is 0. The van der Waals surface area contributed by atoms with Crippen molar-refractivity contribution in [2.45, 2.75) is 26.2 Å². The predicted molar refractivity (Wildman–Crippen MR) is 56.5 cm³/mol. The Bertz CT molecular complexity index is 288. The van der Waals surface area contributed by atoms with E-state index in [1.54, 1.807) is 12.1 Å². The van der Waals surface area contributed by atoms with Crippen LogP contribution in [0, 0.1) is 0 Å². The highest BCUT2D eigenvalue weighted by molar-refractivity contribution is 5.96. The molecule has 0 heterocycles. The van der Waals surface area contributed by atoms with Crippen molar-refractivity contribution in [2.24, 2.45) is 0 Å². The van der Waals surface area contributed by atoms with E-state index in [0.29, 0.717) is 5.56 Å². The second-order valence-electron chi connectivity index (χ2n) is 3.38. The summed E-state index contributed by atoms with van der Waals surface area (Å²) in [6.45, 7) is 1.75. The molecule has 2 heteroatoms. The van der Waals surface area contributed by atoms with Crippen LogP contribution in [0.1, 0.15) is 35.7 Å². The van der Waals surface area contributed by atoms with Gasteiger partial charge in [-0.05, 0) is 18.4 Å². The Hall–Kier alpha value is -1.15. The molecule has 76 valence electrons. The number of carbonyl (C=O) groups excluding carboxylic acids is 1. The fourth-order valence-electron chi connectivity index (χ4n) is 1.33. The van der Waals surface area contributed by atoms with Crippen LogP contribution >= 0.6 is 0 Å². The lowest BCUT2D eigenvalue weighted by Crippen LogP contribution is -2.03. The maximum absolute atomic E-state index is 11.1. The van der Waals surface area contributed by atoms with Gasteiger partial charge in [0.1, 0.15) is 6.61 Å². The van der Waals surface area contributed by atoms with Gasteiger partial charge in [-0.2, -0.15) is 0 Å². The number of ketones is 1. The highest BCUT2D eigenvalue weighted by atomic mass is 16.3. The number of hydrogen-bond acceptors (Lipinski definition) is 2. The van der Waals surface area contributed by atoms with Crippen LogP contribution in [0.15, 0.2) is 24.3 Å². The maximum atomic E-state index is 11.1. The summed E-state index contributed by atoms with van der Waals surface area (Å²) < 4.78 is 0. The van der Waals surface area contributed by atoms with Gasteiger partial charge in [0.05, 0.1) is 0 Å². The summed E-state index contributed by atoms with van der Waals surface area (Å²) in [6, 6.07) is 7.48. The smallest absolute Gasteiger partial charge is 0.188 e. The van der Waals surface area contributed by atoms with Gasteiger partial charge in [0, 0.05) is 5.56 Å². The molecule has 1 rings (SSSR count). The molecular formula is C12H16O2. The summed E-state index contributed by atoms with van der Waals surface area (Å²) in [4.78, 5) is 11.1. The molecule has 0 spiro atoms. The minimum absolute atomic E-state index is 0.216. The molecule has 1 aromatic rings. The summed E-state index contributed by atoms with van der Waals surface area (Å²) in [5.74, 6) is -0.216. The number of hydrogen-bond donors (Lipinski definition) is 1. The van der Waals surface area contributed by atoms with Crippen LogP contribution in [0.3, 0.4) is 0 Å². The molecule has 0 aliphatic carbocycles. The number of aliphatic hydroxyl groups is 1. The van der Waals surface area contributed by atoms with E-state index in [1.807, 2.05) is 12.1 Å². The average Bonchev–Trinajstić information content (AvgIpc) is 2.26. The zero-order valence-electron chi connectivity index (χ0n) is 8.49. The Labute approximate surface area is 84.6 Å². The number of unbranched alkanes of at least 4 members (excludes halogenated alkanes) is 1. The van der Waals surface area contributed by atoms with Crippen molar-refractivity contribution in [3.8, 4) is 0 Å². The van der Waals surface area contributed by atoms with Gasteiger partial charge in [-0.25, -0.2) is 0 Å². The zero-order chi connectivity index (χ0) is 10.4. The van der Waals surface area contributed by atoms with Gasteiger partial charge in [0.25, 0.3) is 0 Å². The predicted octanol–water partition coefficient (Wildman–Crippen LogP) is 2.20. The summed E-state index contributed by atoms with van der Waals surface area (Å²) >= 11 is 0. The molecule has 0 amide bonds. The van der Waals surface area contributed by atoms with Gasteiger partial charge in [-0.1, -0.05) is 37.6 Å². The molecule has 0 atom stereocenters. The Morgan fingerprint density at radius 2 is 1.93 bits per heavy atom. The molecule has 0 bridgehead atoms. The first-order chi connectivity index (χ1) is 6.77. The number of Topliss-reactive ketones (excluding diaryl/α,β-unsaturated/α-hetero) is 1. The Balaban J connectivity index is 2.63. The third kappa shape index (κ3) is 2.96. The molecule has 0 aliphatic heterocycles. The summed E-state index contributed by atoms with van der Waals surface area (Å²) in [5.41, 5.74) is 1.84. The molecule has 1 aromatic carbocycles. The minimum atomic E-state index is -0.408. The number of benzene rings is 1.